The summed E-state index contributed by atoms with van der Waals surface area (Å²) in [5.41, 5.74) is 1.29. The summed E-state index contributed by atoms with van der Waals surface area (Å²) in [4.78, 5) is 60.9. The number of rotatable bonds is 8. The summed E-state index contributed by atoms with van der Waals surface area (Å²) in [5.74, 6) is -3.79. The zero-order valence-corrected chi connectivity index (χ0v) is 25.5. The number of carbonyl (C=O) groups is 4. The second-order valence-corrected chi connectivity index (χ2v) is 11.3. The maximum atomic E-state index is 14.2. The number of nitrogens with zero attached hydrogens (tertiary/aromatic N) is 2. The van der Waals surface area contributed by atoms with Crippen LogP contribution in [0.1, 0.15) is 51.0 Å². The summed E-state index contributed by atoms with van der Waals surface area (Å²) in [5, 5.41) is 12.0. The first-order chi connectivity index (χ1) is 20.1. The first-order valence-corrected chi connectivity index (χ1v) is 14.7. The van der Waals surface area contributed by atoms with E-state index in [0.29, 0.717) is 15.7 Å². The van der Waals surface area contributed by atoms with Gasteiger partial charge in [-0.3, -0.25) is 14.4 Å². The van der Waals surface area contributed by atoms with Gasteiger partial charge in [-0.1, -0.05) is 18.2 Å². The number of aromatic hydroxyl groups is 1. The van der Waals surface area contributed by atoms with Crippen LogP contribution in [0.15, 0.2) is 46.9 Å². The van der Waals surface area contributed by atoms with Crippen LogP contribution >= 0.6 is 27.3 Å². The quantitative estimate of drug-likeness (QED) is 0.262. The number of para-hydroxylation sites is 1. The smallest absolute Gasteiger partial charge is 0.348 e. The fourth-order valence-electron chi connectivity index (χ4n) is 5.17. The highest BCUT2D eigenvalue weighted by molar-refractivity contribution is 9.10. The van der Waals surface area contributed by atoms with Crippen LogP contribution < -0.4 is 14.7 Å². The van der Waals surface area contributed by atoms with E-state index in [4.69, 9.17) is 19.0 Å². The molecule has 0 spiro atoms. The second-order valence-electron chi connectivity index (χ2n) is 9.40. The Kier molecular flexibility index (Phi) is 8.26. The van der Waals surface area contributed by atoms with Crippen molar-refractivity contribution < 1.29 is 43.3 Å². The van der Waals surface area contributed by atoms with Gasteiger partial charge in [-0.05, 0) is 72.1 Å². The molecule has 0 bridgehead atoms. The Hall–Kier alpha value is -3.94. The molecule has 3 aromatic rings. The normalized spacial score (nSPS) is 19.7. The number of amides is 2. The fraction of sp³-hybridized carbons (Fsp3) is 0.310. The average molecular weight is 660 g/mol. The van der Waals surface area contributed by atoms with Crippen molar-refractivity contribution in [2.24, 2.45) is 5.92 Å². The number of benzene rings is 2. The van der Waals surface area contributed by atoms with Crippen molar-refractivity contribution in [1.82, 2.24) is 0 Å². The molecule has 2 aliphatic heterocycles. The van der Waals surface area contributed by atoms with Crippen molar-refractivity contribution in [1.29, 1.82) is 0 Å². The van der Waals surface area contributed by atoms with Crippen LogP contribution in [0.5, 0.6) is 11.5 Å². The lowest BCUT2D eigenvalue weighted by Crippen LogP contribution is -2.37. The van der Waals surface area contributed by atoms with Gasteiger partial charge in [0.05, 0.1) is 42.1 Å². The topological polar surface area (TPSA) is 132 Å². The summed E-state index contributed by atoms with van der Waals surface area (Å²) in [6.07, 6.45) is -1.25. The Morgan fingerprint density at radius 2 is 1.79 bits per heavy atom. The number of fused-ring (bicyclic) bond motifs is 1. The van der Waals surface area contributed by atoms with E-state index < -0.39 is 41.8 Å². The van der Waals surface area contributed by atoms with Crippen LogP contribution in [0, 0.1) is 12.8 Å². The molecule has 3 atom stereocenters. The molecule has 1 N–H and O–H groups in total. The van der Waals surface area contributed by atoms with E-state index in [1.54, 1.807) is 50.2 Å². The van der Waals surface area contributed by atoms with E-state index in [1.807, 2.05) is 6.07 Å². The van der Waals surface area contributed by atoms with Crippen molar-refractivity contribution in [2.75, 3.05) is 30.3 Å². The molecule has 1 aromatic heterocycles. The lowest BCUT2D eigenvalue weighted by molar-refractivity contribution is -0.126. The van der Waals surface area contributed by atoms with Gasteiger partial charge >= 0.3 is 11.9 Å². The first kappa shape index (κ1) is 29.5. The van der Waals surface area contributed by atoms with Crippen molar-refractivity contribution in [3.05, 3.63) is 68.5 Å². The fourth-order valence-corrected chi connectivity index (χ4v) is 6.83. The molecule has 220 valence electrons. The van der Waals surface area contributed by atoms with Crippen LogP contribution in [0.4, 0.5) is 10.7 Å². The largest absolute Gasteiger partial charge is 0.503 e. The summed E-state index contributed by atoms with van der Waals surface area (Å²) >= 11 is 4.17. The van der Waals surface area contributed by atoms with Gasteiger partial charge in [-0.15, -0.1) is 11.3 Å². The summed E-state index contributed by atoms with van der Waals surface area (Å²) in [6, 6.07) is 11.4. The zero-order valence-electron chi connectivity index (χ0n) is 23.1. The molecule has 2 aliphatic rings. The third-order valence-electron chi connectivity index (χ3n) is 7.00. The predicted molar refractivity (Wildman–Crippen MR) is 156 cm³/mol. The van der Waals surface area contributed by atoms with E-state index in [-0.39, 0.29) is 45.7 Å². The monoisotopic (exact) mass is 658 g/mol. The van der Waals surface area contributed by atoms with Crippen LogP contribution in [0.25, 0.3) is 0 Å². The van der Waals surface area contributed by atoms with E-state index in [2.05, 4.69) is 15.9 Å². The number of imide groups is 1. The first-order valence-electron chi connectivity index (χ1n) is 13.1. The molecular weight excluding hydrogens is 632 g/mol. The predicted octanol–water partition coefficient (Wildman–Crippen LogP) is 4.94. The Morgan fingerprint density at radius 3 is 2.43 bits per heavy atom. The highest BCUT2D eigenvalue weighted by Gasteiger charge is 2.61. The number of carbonyl (C=O) groups excluding carboxylic acids is 4. The van der Waals surface area contributed by atoms with E-state index in [9.17, 15) is 24.3 Å². The molecule has 0 aliphatic carbocycles. The van der Waals surface area contributed by atoms with Gasteiger partial charge in [0.2, 0.25) is 5.91 Å². The molecule has 2 aromatic carbocycles. The number of phenolic OH excluding ortho intramolecular Hbond substituents is 1. The molecule has 42 heavy (non-hydrogen) atoms. The average Bonchev–Trinajstić information content (AvgIpc) is 3.61. The number of halogens is 1. The Morgan fingerprint density at radius 1 is 1.07 bits per heavy atom. The van der Waals surface area contributed by atoms with E-state index in [0.717, 1.165) is 16.2 Å². The van der Waals surface area contributed by atoms with Gasteiger partial charge in [-0.2, -0.15) is 0 Å². The third kappa shape index (κ3) is 4.80. The minimum Gasteiger partial charge on any atom is -0.503 e. The molecule has 3 heterocycles. The van der Waals surface area contributed by atoms with Crippen LogP contribution in [0.2, 0.25) is 0 Å². The number of thiophene rings is 1. The molecule has 11 nitrogen and oxygen atoms in total. The van der Waals surface area contributed by atoms with Gasteiger partial charge in [0.1, 0.15) is 15.8 Å². The van der Waals surface area contributed by atoms with Crippen molar-refractivity contribution in [3.63, 3.8) is 0 Å². The summed E-state index contributed by atoms with van der Waals surface area (Å²) in [6.45, 7) is 5.33. The Bertz CT molecular complexity index is 1570. The van der Waals surface area contributed by atoms with Gasteiger partial charge in [0.25, 0.3) is 5.91 Å². The number of anilines is 2. The second kappa shape index (κ2) is 11.7. The van der Waals surface area contributed by atoms with Gasteiger partial charge in [-0.25, -0.2) is 19.6 Å². The molecule has 0 radical (unpaired) electrons. The van der Waals surface area contributed by atoms with Gasteiger partial charge < -0.3 is 19.3 Å². The van der Waals surface area contributed by atoms with Crippen molar-refractivity contribution >= 4 is 61.7 Å². The molecule has 13 heteroatoms. The highest BCUT2D eigenvalue weighted by Crippen LogP contribution is 2.51. The Balaban J connectivity index is 1.65. The molecule has 0 unspecified atom stereocenters. The standard InChI is InChI=1S/C29H27BrN2O9S/c1-5-39-18-13-15(12-17(30)22(18)33)21-20-23(41-32(21)16-10-8-7-9-11-16)26(35)31(25(20)34)27-19(28(36)38-4)14(3)24(42-27)29(37)40-6-2/h7-13,20-21,23,33H,5-6H2,1-4H3/t20-,21+,23+/m1/s1. The van der Waals surface area contributed by atoms with Crippen LogP contribution in [0.3, 0.4) is 0 Å². The lowest BCUT2D eigenvalue weighted by atomic mass is 9.90. The SMILES string of the molecule is CCOC(=O)c1sc(N2C(=O)[C@H]3[C@H](ON(c4ccccc4)[C@H]3c3cc(Br)c(O)c(OCC)c3)C2=O)c(C(=O)OC)c1C. The molecule has 2 fully saturated rings. The number of hydrogen-bond acceptors (Lipinski definition) is 11. The minimum absolute atomic E-state index is 0.0395. The Labute approximate surface area is 253 Å². The number of ether oxygens (including phenoxy) is 3. The number of esters is 2. The van der Waals surface area contributed by atoms with Crippen molar-refractivity contribution in [3.8, 4) is 11.5 Å². The number of methoxy groups -OCH3 is 1. The zero-order chi connectivity index (χ0) is 30.3. The molecule has 0 saturated carbocycles. The number of phenols is 1. The molecule has 2 saturated heterocycles. The third-order valence-corrected chi connectivity index (χ3v) is 8.86. The van der Waals surface area contributed by atoms with Crippen LogP contribution in [-0.2, 0) is 23.9 Å². The molecule has 5 rings (SSSR count). The van der Waals surface area contributed by atoms with E-state index >= 15 is 0 Å². The molecule has 2 amide bonds. The lowest BCUT2D eigenvalue weighted by Gasteiger charge is -2.29. The number of hydroxylamine groups is 1. The molecular formula is C29H27BrN2O9S. The maximum Gasteiger partial charge on any atom is 0.348 e. The van der Waals surface area contributed by atoms with Gasteiger partial charge in [0, 0.05) is 0 Å². The van der Waals surface area contributed by atoms with E-state index in [1.165, 1.54) is 19.1 Å². The maximum absolute atomic E-state index is 14.2. The number of hydrogen-bond donors (Lipinski definition) is 1. The highest BCUT2D eigenvalue weighted by atomic mass is 79.9. The van der Waals surface area contributed by atoms with Crippen molar-refractivity contribution in [2.45, 2.75) is 32.9 Å². The van der Waals surface area contributed by atoms with Crippen LogP contribution in [-0.4, -0.2) is 55.3 Å². The summed E-state index contributed by atoms with van der Waals surface area (Å²) < 4.78 is 16.0. The summed E-state index contributed by atoms with van der Waals surface area (Å²) in [7, 11) is 1.17. The van der Waals surface area contributed by atoms with Gasteiger partial charge in [0.15, 0.2) is 17.6 Å². The minimum atomic E-state index is -1.25.